The van der Waals surface area contributed by atoms with Crippen molar-refractivity contribution in [3.05, 3.63) is 0 Å². The maximum Gasteiger partial charge on any atom is 0.265 e. The number of hydrogen-bond donors (Lipinski definition) is 2. The van der Waals surface area contributed by atoms with Gasteiger partial charge >= 0.3 is 0 Å². The molecule has 1 saturated carbocycles. The summed E-state index contributed by atoms with van der Waals surface area (Å²) in [5.41, 5.74) is -0.269. The van der Waals surface area contributed by atoms with Gasteiger partial charge in [0.1, 0.15) is 0 Å². The SMILES string of the molecule is O=S(=O)(O)CC1(CS)CCCCC1. The molecule has 0 unspecified atom stereocenters. The molecular formula is C8H16O3S2. The van der Waals surface area contributed by atoms with Crippen molar-refractivity contribution in [2.75, 3.05) is 11.5 Å². The lowest BCUT2D eigenvalue weighted by molar-refractivity contribution is 0.250. The lowest BCUT2D eigenvalue weighted by Gasteiger charge is -2.34. The third-order valence-corrected chi connectivity index (χ3v) is 4.39. The van der Waals surface area contributed by atoms with E-state index in [1.54, 1.807) is 0 Å². The van der Waals surface area contributed by atoms with Gasteiger partial charge in [0, 0.05) is 0 Å². The zero-order valence-corrected chi connectivity index (χ0v) is 9.28. The maximum absolute atomic E-state index is 10.8. The number of thiol groups is 1. The maximum atomic E-state index is 10.8. The quantitative estimate of drug-likeness (QED) is 0.567. The summed E-state index contributed by atoms with van der Waals surface area (Å²) in [6, 6.07) is 0. The van der Waals surface area contributed by atoms with Crippen LogP contribution in [0, 0.1) is 5.41 Å². The average Bonchev–Trinajstić information content (AvgIpc) is 2.03. The molecule has 0 aromatic rings. The second kappa shape index (κ2) is 4.19. The largest absolute Gasteiger partial charge is 0.286 e. The Balaban J connectivity index is 2.68. The van der Waals surface area contributed by atoms with Crippen LogP contribution in [0.25, 0.3) is 0 Å². The van der Waals surface area contributed by atoms with Gasteiger partial charge in [-0.05, 0) is 24.0 Å². The Hall–Kier alpha value is 0.260. The van der Waals surface area contributed by atoms with Crippen LogP contribution in [0.2, 0.25) is 0 Å². The summed E-state index contributed by atoms with van der Waals surface area (Å²) in [4.78, 5) is 0. The van der Waals surface area contributed by atoms with Crippen LogP contribution in [0.5, 0.6) is 0 Å². The van der Waals surface area contributed by atoms with Crippen LogP contribution in [0.4, 0.5) is 0 Å². The highest BCUT2D eigenvalue weighted by Crippen LogP contribution is 2.38. The van der Waals surface area contributed by atoms with Gasteiger partial charge in [-0.1, -0.05) is 19.3 Å². The minimum absolute atomic E-state index is 0.122. The monoisotopic (exact) mass is 224 g/mol. The molecule has 1 fully saturated rings. The average molecular weight is 224 g/mol. The molecule has 1 aliphatic carbocycles. The lowest BCUT2D eigenvalue weighted by atomic mass is 9.77. The summed E-state index contributed by atoms with van der Waals surface area (Å²) in [6.45, 7) is 0. The van der Waals surface area contributed by atoms with Gasteiger partial charge in [-0.15, -0.1) is 0 Å². The Morgan fingerprint density at radius 1 is 1.23 bits per heavy atom. The Morgan fingerprint density at radius 3 is 2.15 bits per heavy atom. The van der Waals surface area contributed by atoms with Crippen molar-refractivity contribution in [3.63, 3.8) is 0 Å². The fourth-order valence-corrected chi connectivity index (χ4v) is 3.78. The van der Waals surface area contributed by atoms with Crippen molar-refractivity contribution in [2.45, 2.75) is 32.1 Å². The summed E-state index contributed by atoms with van der Waals surface area (Å²) in [5.74, 6) is 0.427. The molecule has 78 valence electrons. The molecule has 5 heteroatoms. The van der Waals surface area contributed by atoms with Gasteiger partial charge in [0.25, 0.3) is 10.1 Å². The predicted octanol–water partition coefficient (Wildman–Crippen LogP) is 1.75. The van der Waals surface area contributed by atoms with Crippen LogP contribution in [0.1, 0.15) is 32.1 Å². The van der Waals surface area contributed by atoms with E-state index in [1.165, 1.54) is 6.42 Å². The third-order valence-electron chi connectivity index (χ3n) is 2.74. The summed E-state index contributed by atoms with van der Waals surface area (Å²) in [7, 11) is -3.84. The second-order valence-corrected chi connectivity index (χ2v) is 5.71. The smallest absolute Gasteiger partial charge is 0.265 e. The molecule has 0 aromatic heterocycles. The summed E-state index contributed by atoms with van der Waals surface area (Å²) in [6.07, 6.45) is 5.01. The molecule has 0 heterocycles. The van der Waals surface area contributed by atoms with E-state index < -0.39 is 10.1 Å². The van der Waals surface area contributed by atoms with Gasteiger partial charge in [0.2, 0.25) is 0 Å². The molecule has 0 atom stereocenters. The van der Waals surface area contributed by atoms with Gasteiger partial charge in [-0.3, -0.25) is 4.55 Å². The van der Waals surface area contributed by atoms with Crippen LogP contribution in [0.3, 0.4) is 0 Å². The highest BCUT2D eigenvalue weighted by molar-refractivity contribution is 7.85. The van der Waals surface area contributed by atoms with Crippen LogP contribution >= 0.6 is 12.6 Å². The fraction of sp³-hybridized carbons (Fsp3) is 1.00. The van der Waals surface area contributed by atoms with Gasteiger partial charge in [0.05, 0.1) is 5.75 Å². The molecule has 0 amide bonds. The van der Waals surface area contributed by atoms with Crippen molar-refractivity contribution in [2.24, 2.45) is 5.41 Å². The summed E-state index contributed by atoms with van der Waals surface area (Å²) in [5, 5.41) is 0. The van der Waals surface area contributed by atoms with E-state index in [2.05, 4.69) is 12.6 Å². The molecule has 0 aromatic carbocycles. The zero-order chi connectivity index (χ0) is 9.95. The van der Waals surface area contributed by atoms with Crippen molar-refractivity contribution in [1.29, 1.82) is 0 Å². The fourth-order valence-electron chi connectivity index (χ4n) is 2.04. The summed E-state index contributed by atoms with van der Waals surface area (Å²) >= 11 is 4.19. The van der Waals surface area contributed by atoms with E-state index in [4.69, 9.17) is 4.55 Å². The van der Waals surface area contributed by atoms with Crippen molar-refractivity contribution < 1.29 is 13.0 Å². The third kappa shape index (κ3) is 3.48. The van der Waals surface area contributed by atoms with Crippen molar-refractivity contribution in [1.82, 2.24) is 0 Å². The van der Waals surface area contributed by atoms with Crippen molar-refractivity contribution >= 4 is 22.7 Å². The van der Waals surface area contributed by atoms with Crippen LogP contribution in [-0.2, 0) is 10.1 Å². The molecule has 1 aliphatic rings. The minimum Gasteiger partial charge on any atom is -0.286 e. The molecule has 13 heavy (non-hydrogen) atoms. The first-order valence-electron chi connectivity index (χ1n) is 4.54. The first-order valence-corrected chi connectivity index (χ1v) is 6.78. The van der Waals surface area contributed by atoms with E-state index in [-0.39, 0.29) is 11.2 Å². The van der Waals surface area contributed by atoms with E-state index in [1.807, 2.05) is 0 Å². The van der Waals surface area contributed by atoms with Crippen molar-refractivity contribution in [3.8, 4) is 0 Å². The Kier molecular flexibility index (Phi) is 3.65. The van der Waals surface area contributed by atoms with E-state index in [0.29, 0.717) is 5.75 Å². The molecule has 0 radical (unpaired) electrons. The topological polar surface area (TPSA) is 54.4 Å². The molecule has 0 spiro atoms. The first kappa shape index (κ1) is 11.3. The van der Waals surface area contributed by atoms with Gasteiger partial charge < -0.3 is 0 Å². The number of rotatable bonds is 3. The van der Waals surface area contributed by atoms with Gasteiger partial charge in [-0.25, -0.2) is 0 Å². The van der Waals surface area contributed by atoms with Gasteiger partial charge in [-0.2, -0.15) is 21.0 Å². The zero-order valence-electron chi connectivity index (χ0n) is 7.57. The van der Waals surface area contributed by atoms with Gasteiger partial charge in [0.15, 0.2) is 0 Å². The van der Waals surface area contributed by atoms with Crippen LogP contribution in [0.15, 0.2) is 0 Å². The van der Waals surface area contributed by atoms with Crippen LogP contribution in [-0.4, -0.2) is 24.5 Å². The second-order valence-electron chi connectivity index (χ2n) is 3.95. The van der Waals surface area contributed by atoms with E-state index in [9.17, 15) is 8.42 Å². The Labute approximate surface area is 85.1 Å². The molecular weight excluding hydrogens is 208 g/mol. The lowest BCUT2D eigenvalue weighted by Crippen LogP contribution is -2.34. The molecule has 3 nitrogen and oxygen atoms in total. The molecule has 0 aliphatic heterocycles. The highest BCUT2D eigenvalue weighted by Gasteiger charge is 2.34. The molecule has 1 N–H and O–H groups in total. The highest BCUT2D eigenvalue weighted by atomic mass is 32.2. The Morgan fingerprint density at radius 2 is 1.77 bits per heavy atom. The number of hydrogen-bond acceptors (Lipinski definition) is 3. The molecule has 0 saturated heterocycles. The first-order chi connectivity index (χ1) is 5.97. The van der Waals surface area contributed by atoms with E-state index in [0.717, 1.165) is 25.7 Å². The molecule has 0 bridgehead atoms. The normalized spacial score (nSPS) is 22.9. The minimum atomic E-state index is -3.84. The predicted molar refractivity (Wildman–Crippen MR) is 55.8 cm³/mol. The Bertz CT molecular complexity index is 253. The summed E-state index contributed by atoms with van der Waals surface area (Å²) < 4.78 is 30.4. The van der Waals surface area contributed by atoms with E-state index >= 15 is 0 Å². The molecule has 1 rings (SSSR count). The standard InChI is InChI=1S/C8H16O3S2/c9-13(10,11)7-8(6-12)4-2-1-3-5-8/h12H,1-7H2,(H,9,10,11). The van der Waals surface area contributed by atoms with Crippen LogP contribution < -0.4 is 0 Å².